The number of hydrogen-bond acceptors (Lipinski definition) is 3. The molecule has 0 aliphatic carbocycles. The zero-order valence-electron chi connectivity index (χ0n) is 11.2. The number of nitrogens with one attached hydrogen (secondary N) is 1. The number of rotatable bonds is 5. The number of aryl methyl sites for hydroxylation is 2. The number of anilines is 1. The minimum Gasteiger partial charge on any atom is -0.366 e. The number of alkyl halides is 1. The van der Waals surface area contributed by atoms with Gasteiger partial charge in [0.1, 0.15) is 11.6 Å². The van der Waals surface area contributed by atoms with Crippen LogP contribution >= 0.6 is 11.6 Å². The highest BCUT2D eigenvalue weighted by Gasteiger charge is 2.09. The van der Waals surface area contributed by atoms with Gasteiger partial charge in [-0.15, -0.1) is 11.6 Å². The highest BCUT2D eigenvalue weighted by atomic mass is 35.5. The molecule has 1 N–H and O–H groups in total. The molecule has 0 aliphatic heterocycles. The van der Waals surface area contributed by atoms with E-state index in [1.54, 1.807) is 0 Å². The Labute approximate surface area is 119 Å². The zero-order valence-corrected chi connectivity index (χ0v) is 12.0. The minimum atomic E-state index is 0.165. The highest BCUT2D eigenvalue weighted by Crippen LogP contribution is 2.11. The molecule has 0 aliphatic rings. The van der Waals surface area contributed by atoms with Gasteiger partial charge in [0.2, 0.25) is 0 Å². The van der Waals surface area contributed by atoms with Gasteiger partial charge in [-0.1, -0.05) is 30.3 Å². The van der Waals surface area contributed by atoms with Crippen molar-refractivity contribution >= 4 is 17.4 Å². The first-order valence-electron chi connectivity index (χ1n) is 6.36. The molecule has 1 atom stereocenters. The highest BCUT2D eigenvalue weighted by molar-refractivity contribution is 6.18. The average molecular weight is 276 g/mol. The molecule has 1 aromatic carbocycles. The molecule has 0 amide bonds. The van der Waals surface area contributed by atoms with Crippen LogP contribution in [-0.2, 0) is 6.42 Å². The van der Waals surface area contributed by atoms with Crippen molar-refractivity contribution in [2.75, 3.05) is 11.2 Å². The topological polar surface area (TPSA) is 37.8 Å². The van der Waals surface area contributed by atoms with Crippen LogP contribution in [0.4, 0.5) is 5.82 Å². The number of hydrogen-bond donors (Lipinski definition) is 1. The molecule has 100 valence electrons. The Morgan fingerprint density at radius 2 is 1.89 bits per heavy atom. The molecule has 1 heterocycles. The van der Waals surface area contributed by atoms with Gasteiger partial charge < -0.3 is 5.32 Å². The summed E-state index contributed by atoms with van der Waals surface area (Å²) < 4.78 is 0. The molecule has 0 fully saturated rings. The van der Waals surface area contributed by atoms with Crippen LogP contribution < -0.4 is 5.32 Å². The first-order chi connectivity index (χ1) is 9.17. The fourth-order valence-corrected chi connectivity index (χ4v) is 2.23. The third-order valence-electron chi connectivity index (χ3n) is 2.83. The van der Waals surface area contributed by atoms with E-state index in [0.717, 1.165) is 23.8 Å². The Morgan fingerprint density at radius 3 is 2.53 bits per heavy atom. The summed E-state index contributed by atoms with van der Waals surface area (Å²) in [7, 11) is 0. The molecule has 4 heteroatoms. The van der Waals surface area contributed by atoms with Crippen molar-refractivity contribution in [3.63, 3.8) is 0 Å². The Balaban J connectivity index is 2.06. The smallest absolute Gasteiger partial charge is 0.130 e. The van der Waals surface area contributed by atoms with Gasteiger partial charge in [-0.05, 0) is 25.8 Å². The molecule has 2 rings (SSSR count). The monoisotopic (exact) mass is 275 g/mol. The maximum atomic E-state index is 6.04. The van der Waals surface area contributed by atoms with E-state index in [9.17, 15) is 0 Å². The normalized spacial score (nSPS) is 12.2. The van der Waals surface area contributed by atoms with Crippen LogP contribution in [0.2, 0.25) is 0 Å². The summed E-state index contributed by atoms with van der Waals surface area (Å²) in [5.74, 6) is 2.15. The van der Waals surface area contributed by atoms with Gasteiger partial charge in [0.25, 0.3) is 0 Å². The SMILES string of the molecule is Cc1cc(NC(CCl)Cc2ccccc2)nc(C)n1. The Hall–Kier alpha value is -1.61. The summed E-state index contributed by atoms with van der Waals surface area (Å²) >= 11 is 6.04. The standard InChI is InChI=1S/C15H18ClN3/c1-11-8-15(18-12(2)17-11)19-14(10-16)9-13-6-4-3-5-7-13/h3-8,14H,9-10H2,1-2H3,(H,17,18,19). The third kappa shape index (κ3) is 4.21. The quantitative estimate of drug-likeness (QED) is 0.851. The fourth-order valence-electron chi connectivity index (χ4n) is 2.04. The second kappa shape index (κ2) is 6.53. The first kappa shape index (κ1) is 13.8. The summed E-state index contributed by atoms with van der Waals surface area (Å²) in [4.78, 5) is 8.65. The van der Waals surface area contributed by atoms with Crippen LogP contribution in [0.1, 0.15) is 17.1 Å². The lowest BCUT2D eigenvalue weighted by molar-refractivity contribution is 0.787. The molecule has 0 radical (unpaired) electrons. The fraction of sp³-hybridized carbons (Fsp3) is 0.333. The van der Waals surface area contributed by atoms with Crippen LogP contribution in [0.25, 0.3) is 0 Å². The van der Waals surface area contributed by atoms with Gasteiger partial charge in [-0.2, -0.15) is 0 Å². The molecule has 3 nitrogen and oxygen atoms in total. The van der Waals surface area contributed by atoms with Crippen molar-refractivity contribution in [2.24, 2.45) is 0 Å². The zero-order chi connectivity index (χ0) is 13.7. The van der Waals surface area contributed by atoms with Gasteiger partial charge in [0.15, 0.2) is 0 Å². The Kier molecular flexibility index (Phi) is 4.74. The van der Waals surface area contributed by atoms with Gasteiger partial charge in [-0.25, -0.2) is 9.97 Å². The molecular weight excluding hydrogens is 258 g/mol. The van der Waals surface area contributed by atoms with Gasteiger partial charge in [-0.3, -0.25) is 0 Å². The second-order valence-corrected chi connectivity index (χ2v) is 4.94. The lowest BCUT2D eigenvalue weighted by atomic mass is 10.1. The summed E-state index contributed by atoms with van der Waals surface area (Å²) in [5, 5.41) is 3.38. The minimum absolute atomic E-state index is 0.165. The molecule has 0 spiro atoms. The predicted octanol–water partition coefficient (Wildman–Crippen LogP) is 3.36. The summed E-state index contributed by atoms with van der Waals surface area (Å²) in [6.07, 6.45) is 0.881. The molecule has 0 saturated heterocycles. The van der Waals surface area contributed by atoms with Gasteiger partial charge in [0, 0.05) is 23.7 Å². The molecular formula is C15H18ClN3. The Bertz CT molecular complexity index is 508. The van der Waals surface area contributed by atoms with Crippen molar-refractivity contribution in [1.29, 1.82) is 0 Å². The van der Waals surface area contributed by atoms with E-state index in [-0.39, 0.29) is 6.04 Å². The number of halogens is 1. The lowest BCUT2D eigenvalue weighted by Gasteiger charge is -2.17. The maximum Gasteiger partial charge on any atom is 0.130 e. The predicted molar refractivity (Wildman–Crippen MR) is 79.8 cm³/mol. The molecule has 19 heavy (non-hydrogen) atoms. The average Bonchev–Trinajstić information content (AvgIpc) is 2.38. The molecule has 0 saturated carbocycles. The van der Waals surface area contributed by atoms with Crippen LogP contribution in [0.15, 0.2) is 36.4 Å². The molecule has 2 aromatic rings. The van der Waals surface area contributed by atoms with E-state index < -0.39 is 0 Å². The van der Waals surface area contributed by atoms with E-state index in [1.807, 2.05) is 38.1 Å². The van der Waals surface area contributed by atoms with Crippen molar-refractivity contribution in [3.05, 3.63) is 53.5 Å². The molecule has 0 bridgehead atoms. The van der Waals surface area contributed by atoms with E-state index in [0.29, 0.717) is 5.88 Å². The summed E-state index contributed by atoms with van der Waals surface area (Å²) in [6, 6.07) is 12.4. The number of benzene rings is 1. The van der Waals surface area contributed by atoms with Crippen molar-refractivity contribution in [2.45, 2.75) is 26.3 Å². The van der Waals surface area contributed by atoms with Gasteiger partial charge >= 0.3 is 0 Å². The van der Waals surface area contributed by atoms with E-state index in [4.69, 9.17) is 11.6 Å². The Morgan fingerprint density at radius 1 is 1.16 bits per heavy atom. The van der Waals surface area contributed by atoms with E-state index in [1.165, 1.54) is 5.56 Å². The van der Waals surface area contributed by atoms with Gasteiger partial charge in [0.05, 0.1) is 0 Å². The van der Waals surface area contributed by atoms with Crippen molar-refractivity contribution < 1.29 is 0 Å². The summed E-state index contributed by atoms with van der Waals surface area (Å²) in [5.41, 5.74) is 2.23. The van der Waals surface area contributed by atoms with Crippen LogP contribution in [0.3, 0.4) is 0 Å². The van der Waals surface area contributed by atoms with Crippen molar-refractivity contribution in [1.82, 2.24) is 9.97 Å². The van der Waals surface area contributed by atoms with Crippen LogP contribution in [-0.4, -0.2) is 21.9 Å². The molecule has 1 aromatic heterocycles. The maximum absolute atomic E-state index is 6.04. The largest absolute Gasteiger partial charge is 0.366 e. The first-order valence-corrected chi connectivity index (χ1v) is 6.89. The third-order valence-corrected chi connectivity index (χ3v) is 3.20. The summed E-state index contributed by atoms with van der Waals surface area (Å²) in [6.45, 7) is 3.86. The van der Waals surface area contributed by atoms with Crippen LogP contribution in [0, 0.1) is 13.8 Å². The van der Waals surface area contributed by atoms with Crippen LogP contribution in [0.5, 0.6) is 0 Å². The van der Waals surface area contributed by atoms with Crippen molar-refractivity contribution in [3.8, 4) is 0 Å². The number of nitrogens with zero attached hydrogens (tertiary/aromatic N) is 2. The molecule has 1 unspecified atom stereocenters. The lowest BCUT2D eigenvalue weighted by Crippen LogP contribution is -2.25. The number of aromatic nitrogens is 2. The van der Waals surface area contributed by atoms with E-state index in [2.05, 4.69) is 27.4 Å². The second-order valence-electron chi connectivity index (χ2n) is 4.63. The van der Waals surface area contributed by atoms with E-state index >= 15 is 0 Å².